The Morgan fingerprint density at radius 3 is 2.41 bits per heavy atom. The fraction of sp³-hybridized carbons (Fsp3) is 0. The van der Waals surface area contributed by atoms with Crippen LogP contribution in [0.5, 0.6) is 0 Å². The van der Waals surface area contributed by atoms with Gasteiger partial charge < -0.3 is 5.11 Å². The quantitative estimate of drug-likeness (QED) is 0.349. The van der Waals surface area contributed by atoms with Gasteiger partial charge in [0.05, 0.1) is 26.3 Å². The second-order valence-electron chi connectivity index (χ2n) is 6.12. The van der Waals surface area contributed by atoms with Crippen LogP contribution in [-0.2, 0) is 0 Å². The fourth-order valence-electron chi connectivity index (χ4n) is 2.86. The number of aromatic nitrogens is 2. The second-order valence-corrected chi connectivity index (χ2v) is 8.23. The van der Waals surface area contributed by atoms with Crippen LogP contribution in [0.1, 0.15) is 10.4 Å². The summed E-state index contributed by atoms with van der Waals surface area (Å²) in [6, 6.07) is 12.2. The SMILES string of the molecule is O=C(O)c1cc(-c2nc(-c3ccc(Cl)c(Cl)c3)cs2)ccc1-c1cncc(Cl)c1. The third kappa shape index (κ3) is 4.14. The minimum atomic E-state index is -1.04. The van der Waals surface area contributed by atoms with Crippen LogP contribution in [0.2, 0.25) is 15.1 Å². The number of aromatic carboxylic acids is 1. The number of carbonyl (C=O) groups is 1. The molecule has 2 aromatic heterocycles. The van der Waals surface area contributed by atoms with E-state index in [9.17, 15) is 9.90 Å². The number of hydrogen-bond donors (Lipinski definition) is 1. The lowest BCUT2D eigenvalue weighted by Crippen LogP contribution is -2.00. The summed E-state index contributed by atoms with van der Waals surface area (Å²) in [6.45, 7) is 0. The number of halogens is 3. The van der Waals surface area contributed by atoms with Gasteiger partial charge in [0.1, 0.15) is 5.01 Å². The van der Waals surface area contributed by atoms with Crippen molar-refractivity contribution in [2.45, 2.75) is 0 Å². The Balaban J connectivity index is 1.75. The number of pyridine rings is 1. The molecule has 0 atom stereocenters. The van der Waals surface area contributed by atoms with Crippen LogP contribution in [0, 0.1) is 0 Å². The molecule has 0 saturated carbocycles. The summed E-state index contributed by atoms with van der Waals surface area (Å²) >= 11 is 19.5. The standard InChI is InChI=1S/C21H11Cl3N2O2S/c22-14-5-13(8-25-9-14)15-3-1-12(6-16(15)21(27)28)20-26-19(10-29-20)11-2-4-17(23)18(24)7-11/h1-10H,(H,27,28). The summed E-state index contributed by atoms with van der Waals surface area (Å²) in [4.78, 5) is 20.5. The van der Waals surface area contributed by atoms with Crippen molar-refractivity contribution in [1.82, 2.24) is 9.97 Å². The molecule has 144 valence electrons. The van der Waals surface area contributed by atoms with Gasteiger partial charge in [-0.25, -0.2) is 9.78 Å². The van der Waals surface area contributed by atoms with Gasteiger partial charge in [0.15, 0.2) is 0 Å². The second kappa shape index (κ2) is 8.13. The van der Waals surface area contributed by atoms with E-state index in [1.807, 2.05) is 17.5 Å². The predicted molar refractivity (Wildman–Crippen MR) is 118 cm³/mol. The van der Waals surface area contributed by atoms with E-state index in [1.165, 1.54) is 17.5 Å². The first kappa shape index (κ1) is 19.9. The Kier molecular flexibility index (Phi) is 5.56. The number of thiazole rings is 1. The van der Waals surface area contributed by atoms with Crippen molar-refractivity contribution in [2.75, 3.05) is 0 Å². The van der Waals surface area contributed by atoms with Crippen LogP contribution in [0.15, 0.2) is 60.2 Å². The summed E-state index contributed by atoms with van der Waals surface area (Å²) in [6.07, 6.45) is 3.08. The van der Waals surface area contributed by atoms with Crippen molar-refractivity contribution in [3.05, 3.63) is 80.9 Å². The van der Waals surface area contributed by atoms with Gasteiger partial charge >= 0.3 is 5.97 Å². The van der Waals surface area contributed by atoms with Gasteiger partial charge in [-0.2, -0.15) is 0 Å². The largest absolute Gasteiger partial charge is 0.478 e. The van der Waals surface area contributed by atoms with Crippen molar-refractivity contribution < 1.29 is 9.90 Å². The molecule has 0 aliphatic rings. The minimum Gasteiger partial charge on any atom is -0.478 e. The Morgan fingerprint density at radius 1 is 0.897 bits per heavy atom. The molecule has 0 bridgehead atoms. The first-order valence-corrected chi connectivity index (χ1v) is 10.3. The molecule has 0 aliphatic carbocycles. The van der Waals surface area contributed by atoms with Gasteiger partial charge in [-0.15, -0.1) is 11.3 Å². The third-order valence-electron chi connectivity index (χ3n) is 4.23. The average molecular weight is 462 g/mol. The van der Waals surface area contributed by atoms with Crippen LogP contribution < -0.4 is 0 Å². The van der Waals surface area contributed by atoms with Gasteiger partial charge in [-0.3, -0.25) is 4.98 Å². The first-order valence-electron chi connectivity index (χ1n) is 8.32. The van der Waals surface area contributed by atoms with E-state index < -0.39 is 5.97 Å². The van der Waals surface area contributed by atoms with E-state index in [-0.39, 0.29) is 5.56 Å². The van der Waals surface area contributed by atoms with Gasteiger partial charge in [0.2, 0.25) is 0 Å². The molecule has 4 rings (SSSR count). The summed E-state index contributed by atoms with van der Waals surface area (Å²) in [5.74, 6) is -1.04. The summed E-state index contributed by atoms with van der Waals surface area (Å²) in [5.41, 5.74) is 3.61. The summed E-state index contributed by atoms with van der Waals surface area (Å²) in [7, 11) is 0. The lowest BCUT2D eigenvalue weighted by atomic mass is 9.99. The molecule has 0 aliphatic heterocycles. The van der Waals surface area contributed by atoms with E-state index in [4.69, 9.17) is 34.8 Å². The molecule has 29 heavy (non-hydrogen) atoms. The van der Waals surface area contributed by atoms with E-state index >= 15 is 0 Å². The first-order chi connectivity index (χ1) is 13.9. The monoisotopic (exact) mass is 460 g/mol. The zero-order valence-electron chi connectivity index (χ0n) is 14.6. The molecule has 2 aromatic carbocycles. The maximum absolute atomic E-state index is 11.9. The molecular weight excluding hydrogens is 451 g/mol. The number of rotatable bonds is 4. The van der Waals surface area contributed by atoms with Crippen molar-refractivity contribution >= 4 is 52.1 Å². The van der Waals surface area contributed by atoms with Crippen LogP contribution in [0.25, 0.3) is 33.0 Å². The van der Waals surface area contributed by atoms with Crippen LogP contribution in [-0.4, -0.2) is 21.0 Å². The highest BCUT2D eigenvalue weighted by atomic mass is 35.5. The van der Waals surface area contributed by atoms with Crippen LogP contribution in [0.3, 0.4) is 0 Å². The van der Waals surface area contributed by atoms with Crippen molar-refractivity contribution in [2.24, 2.45) is 0 Å². The minimum absolute atomic E-state index is 0.151. The Hall–Kier alpha value is -2.44. The molecule has 0 radical (unpaired) electrons. The summed E-state index contributed by atoms with van der Waals surface area (Å²) < 4.78 is 0. The van der Waals surface area contributed by atoms with Crippen molar-refractivity contribution in [1.29, 1.82) is 0 Å². The van der Waals surface area contributed by atoms with Gasteiger partial charge in [0.25, 0.3) is 0 Å². The molecule has 0 unspecified atom stereocenters. The molecule has 8 heteroatoms. The van der Waals surface area contributed by atoms with E-state index in [0.29, 0.717) is 36.8 Å². The Labute approximate surface area is 185 Å². The lowest BCUT2D eigenvalue weighted by Gasteiger charge is -2.08. The molecule has 0 amide bonds. The number of nitrogens with zero attached hydrogens (tertiary/aromatic N) is 2. The maximum atomic E-state index is 11.9. The van der Waals surface area contributed by atoms with E-state index in [1.54, 1.807) is 36.5 Å². The lowest BCUT2D eigenvalue weighted by molar-refractivity contribution is 0.0698. The number of carboxylic acids is 1. The molecule has 2 heterocycles. The smallest absolute Gasteiger partial charge is 0.336 e. The normalized spacial score (nSPS) is 10.9. The Bertz CT molecular complexity index is 1240. The highest BCUT2D eigenvalue weighted by molar-refractivity contribution is 7.13. The molecule has 4 nitrogen and oxygen atoms in total. The predicted octanol–water partition coefficient (Wildman–Crippen LogP) is 7.20. The number of hydrogen-bond acceptors (Lipinski definition) is 4. The van der Waals surface area contributed by atoms with Gasteiger partial charge in [-0.1, -0.05) is 53.0 Å². The highest BCUT2D eigenvalue weighted by Crippen LogP contribution is 2.34. The third-order valence-corrected chi connectivity index (χ3v) is 6.07. The summed E-state index contributed by atoms with van der Waals surface area (Å²) in [5, 5.41) is 13.7. The van der Waals surface area contributed by atoms with E-state index in [2.05, 4.69) is 9.97 Å². The zero-order valence-corrected chi connectivity index (χ0v) is 17.6. The number of carboxylic acid groups (broad SMARTS) is 1. The highest BCUT2D eigenvalue weighted by Gasteiger charge is 2.16. The molecule has 4 aromatic rings. The maximum Gasteiger partial charge on any atom is 0.336 e. The molecule has 0 saturated heterocycles. The van der Waals surface area contributed by atoms with Crippen molar-refractivity contribution in [3.63, 3.8) is 0 Å². The fourth-order valence-corrected chi connectivity index (χ4v) is 4.16. The Morgan fingerprint density at radius 2 is 1.69 bits per heavy atom. The zero-order chi connectivity index (χ0) is 20.5. The van der Waals surface area contributed by atoms with E-state index in [0.717, 1.165) is 11.3 Å². The molecule has 0 fully saturated rings. The van der Waals surface area contributed by atoms with Gasteiger partial charge in [-0.05, 0) is 29.8 Å². The topological polar surface area (TPSA) is 63.1 Å². The molecule has 0 spiro atoms. The van der Waals surface area contributed by atoms with Crippen LogP contribution in [0.4, 0.5) is 0 Å². The average Bonchev–Trinajstić information content (AvgIpc) is 3.20. The number of benzene rings is 2. The van der Waals surface area contributed by atoms with Crippen LogP contribution >= 0.6 is 46.1 Å². The van der Waals surface area contributed by atoms with Gasteiger partial charge in [0, 0.05) is 34.5 Å². The van der Waals surface area contributed by atoms with Crippen molar-refractivity contribution in [3.8, 4) is 33.0 Å². The molecule has 1 N–H and O–H groups in total. The molecular formula is C21H11Cl3N2O2S.